The SMILES string of the molecule is O=C(NC1CCN([C@@H]2CNCC[C@H]2c2ccccc2)C1=O)OCc1ccccc1. The van der Waals surface area contributed by atoms with E-state index in [4.69, 9.17) is 4.74 Å². The third-order valence-electron chi connectivity index (χ3n) is 5.82. The largest absolute Gasteiger partial charge is 0.445 e. The highest BCUT2D eigenvalue weighted by Gasteiger charge is 2.41. The minimum Gasteiger partial charge on any atom is -0.445 e. The average molecular weight is 393 g/mol. The maximum Gasteiger partial charge on any atom is 0.408 e. The fourth-order valence-electron chi connectivity index (χ4n) is 4.33. The van der Waals surface area contributed by atoms with Gasteiger partial charge < -0.3 is 20.3 Å². The number of benzene rings is 2. The summed E-state index contributed by atoms with van der Waals surface area (Å²) in [4.78, 5) is 27.1. The molecule has 6 nitrogen and oxygen atoms in total. The fourth-order valence-corrected chi connectivity index (χ4v) is 4.33. The van der Waals surface area contributed by atoms with Crippen LogP contribution in [0.5, 0.6) is 0 Å². The number of ether oxygens (including phenoxy) is 1. The standard InChI is InChI=1S/C23H27N3O3/c27-22-20(25-23(28)29-16-17-7-3-1-4-8-17)12-14-26(22)21-15-24-13-11-19(21)18-9-5-2-6-10-18/h1-10,19-21,24H,11-16H2,(H,25,28)/t19-,20?,21+/m0/s1. The molecule has 0 radical (unpaired) electrons. The topological polar surface area (TPSA) is 70.7 Å². The van der Waals surface area contributed by atoms with E-state index in [2.05, 4.69) is 22.8 Å². The molecule has 0 aromatic heterocycles. The molecular weight excluding hydrogens is 366 g/mol. The van der Waals surface area contributed by atoms with Crippen LogP contribution >= 0.6 is 0 Å². The first-order valence-corrected chi connectivity index (χ1v) is 10.3. The molecule has 0 spiro atoms. The second-order valence-corrected chi connectivity index (χ2v) is 7.66. The molecule has 0 saturated carbocycles. The Morgan fingerprint density at radius 3 is 2.55 bits per heavy atom. The van der Waals surface area contributed by atoms with Gasteiger partial charge in [0.15, 0.2) is 0 Å². The van der Waals surface area contributed by atoms with Gasteiger partial charge in [-0.25, -0.2) is 4.79 Å². The van der Waals surface area contributed by atoms with E-state index in [-0.39, 0.29) is 18.6 Å². The zero-order chi connectivity index (χ0) is 20.1. The van der Waals surface area contributed by atoms with Gasteiger partial charge in [-0.2, -0.15) is 0 Å². The number of rotatable bonds is 5. The Morgan fingerprint density at radius 1 is 1.07 bits per heavy atom. The highest BCUT2D eigenvalue weighted by molar-refractivity contribution is 5.87. The molecule has 2 N–H and O–H groups in total. The van der Waals surface area contributed by atoms with Gasteiger partial charge in [-0.15, -0.1) is 0 Å². The fraction of sp³-hybridized carbons (Fsp3) is 0.391. The number of nitrogens with one attached hydrogen (secondary N) is 2. The van der Waals surface area contributed by atoms with Crippen molar-refractivity contribution in [3.63, 3.8) is 0 Å². The van der Waals surface area contributed by atoms with E-state index in [1.807, 2.05) is 53.4 Å². The Bertz CT molecular complexity index is 828. The first-order valence-electron chi connectivity index (χ1n) is 10.3. The van der Waals surface area contributed by atoms with E-state index in [0.717, 1.165) is 25.1 Å². The van der Waals surface area contributed by atoms with E-state index in [0.29, 0.717) is 18.9 Å². The number of piperidine rings is 1. The molecule has 6 heteroatoms. The van der Waals surface area contributed by atoms with Crippen molar-refractivity contribution in [2.24, 2.45) is 0 Å². The number of hydrogen-bond donors (Lipinski definition) is 2. The van der Waals surface area contributed by atoms with Gasteiger partial charge in [0.05, 0.1) is 6.04 Å². The van der Waals surface area contributed by atoms with Gasteiger partial charge in [0.25, 0.3) is 0 Å². The highest BCUT2D eigenvalue weighted by Crippen LogP contribution is 2.31. The van der Waals surface area contributed by atoms with Crippen molar-refractivity contribution >= 4 is 12.0 Å². The van der Waals surface area contributed by atoms with Crippen molar-refractivity contribution in [2.45, 2.75) is 37.5 Å². The molecule has 2 aliphatic heterocycles. The van der Waals surface area contributed by atoms with E-state index in [1.54, 1.807) is 0 Å². The van der Waals surface area contributed by atoms with Crippen LogP contribution in [0.1, 0.15) is 29.9 Å². The van der Waals surface area contributed by atoms with Gasteiger partial charge in [-0.1, -0.05) is 60.7 Å². The van der Waals surface area contributed by atoms with Crippen LogP contribution in [0, 0.1) is 0 Å². The zero-order valence-corrected chi connectivity index (χ0v) is 16.4. The third kappa shape index (κ3) is 4.59. The lowest BCUT2D eigenvalue weighted by molar-refractivity contribution is -0.132. The summed E-state index contributed by atoms with van der Waals surface area (Å²) in [5.41, 5.74) is 2.19. The number of carbonyl (C=O) groups is 2. The van der Waals surface area contributed by atoms with Crippen LogP contribution in [0.15, 0.2) is 60.7 Å². The minimum absolute atomic E-state index is 0.0173. The van der Waals surface area contributed by atoms with Gasteiger partial charge >= 0.3 is 6.09 Å². The maximum atomic E-state index is 13.0. The maximum absolute atomic E-state index is 13.0. The number of alkyl carbamates (subject to hydrolysis) is 1. The summed E-state index contributed by atoms with van der Waals surface area (Å²) in [6.45, 7) is 2.57. The van der Waals surface area contributed by atoms with E-state index in [9.17, 15) is 9.59 Å². The lowest BCUT2D eigenvalue weighted by Crippen LogP contribution is -2.52. The zero-order valence-electron chi connectivity index (χ0n) is 16.4. The van der Waals surface area contributed by atoms with Crippen molar-refractivity contribution < 1.29 is 14.3 Å². The summed E-state index contributed by atoms with van der Waals surface area (Å²) < 4.78 is 5.28. The van der Waals surface area contributed by atoms with E-state index >= 15 is 0 Å². The first-order chi connectivity index (χ1) is 14.2. The molecule has 2 aromatic carbocycles. The lowest BCUT2D eigenvalue weighted by Gasteiger charge is -2.38. The minimum atomic E-state index is -0.546. The Kier molecular flexibility index (Phi) is 6.10. The summed E-state index contributed by atoms with van der Waals surface area (Å²) in [5.74, 6) is 0.293. The van der Waals surface area contributed by atoms with Crippen LogP contribution in [0.4, 0.5) is 4.79 Å². The molecule has 4 rings (SSSR count). The van der Waals surface area contributed by atoms with Gasteiger partial charge in [0.1, 0.15) is 12.6 Å². The average Bonchev–Trinajstić information content (AvgIpc) is 3.13. The Balaban J connectivity index is 1.35. The molecule has 1 unspecified atom stereocenters. The van der Waals surface area contributed by atoms with Crippen molar-refractivity contribution in [1.29, 1.82) is 0 Å². The molecule has 2 amide bonds. The predicted molar refractivity (Wildman–Crippen MR) is 110 cm³/mol. The third-order valence-corrected chi connectivity index (χ3v) is 5.82. The highest BCUT2D eigenvalue weighted by atomic mass is 16.5. The molecule has 3 atom stereocenters. The smallest absolute Gasteiger partial charge is 0.408 e. The molecular formula is C23H27N3O3. The number of nitrogens with zero attached hydrogens (tertiary/aromatic N) is 1. The first kappa shape index (κ1) is 19.5. The second-order valence-electron chi connectivity index (χ2n) is 7.66. The molecule has 2 fully saturated rings. The summed E-state index contributed by atoms with van der Waals surface area (Å²) in [7, 11) is 0. The van der Waals surface area contributed by atoms with Crippen LogP contribution in [0.3, 0.4) is 0 Å². The quantitative estimate of drug-likeness (QED) is 0.819. The van der Waals surface area contributed by atoms with Crippen molar-refractivity contribution in [3.05, 3.63) is 71.8 Å². The molecule has 29 heavy (non-hydrogen) atoms. The summed E-state index contributed by atoms with van der Waals surface area (Å²) in [6.07, 6.45) is 1.06. The summed E-state index contributed by atoms with van der Waals surface area (Å²) in [6, 6.07) is 19.5. The molecule has 0 aliphatic carbocycles. The van der Waals surface area contributed by atoms with Crippen molar-refractivity contribution in [2.75, 3.05) is 19.6 Å². The normalized spacial score (nSPS) is 24.3. The number of likely N-dealkylation sites (tertiary alicyclic amines) is 1. The molecule has 0 bridgehead atoms. The van der Waals surface area contributed by atoms with Gasteiger partial charge in [0.2, 0.25) is 5.91 Å². The number of amides is 2. The van der Waals surface area contributed by atoms with Gasteiger partial charge in [0, 0.05) is 19.0 Å². The monoisotopic (exact) mass is 393 g/mol. The van der Waals surface area contributed by atoms with Gasteiger partial charge in [-0.3, -0.25) is 4.79 Å². The lowest BCUT2D eigenvalue weighted by atomic mass is 9.85. The van der Waals surface area contributed by atoms with Crippen LogP contribution in [-0.4, -0.2) is 48.6 Å². The molecule has 152 valence electrons. The van der Waals surface area contributed by atoms with Crippen LogP contribution in [0.25, 0.3) is 0 Å². The van der Waals surface area contributed by atoms with Crippen LogP contribution in [0.2, 0.25) is 0 Å². The van der Waals surface area contributed by atoms with Crippen molar-refractivity contribution in [1.82, 2.24) is 15.5 Å². The second kappa shape index (κ2) is 9.09. The predicted octanol–water partition coefficient (Wildman–Crippen LogP) is 2.66. The molecule has 2 saturated heterocycles. The Hall–Kier alpha value is -2.86. The Morgan fingerprint density at radius 2 is 1.79 bits per heavy atom. The van der Waals surface area contributed by atoms with Gasteiger partial charge in [-0.05, 0) is 30.5 Å². The van der Waals surface area contributed by atoms with E-state index in [1.165, 1.54) is 5.56 Å². The number of carbonyl (C=O) groups excluding carboxylic acids is 2. The van der Waals surface area contributed by atoms with Crippen molar-refractivity contribution in [3.8, 4) is 0 Å². The molecule has 2 heterocycles. The van der Waals surface area contributed by atoms with Crippen LogP contribution in [-0.2, 0) is 16.1 Å². The Labute approximate surface area is 171 Å². The van der Waals surface area contributed by atoms with Crippen LogP contribution < -0.4 is 10.6 Å². The summed E-state index contributed by atoms with van der Waals surface area (Å²) >= 11 is 0. The van der Waals surface area contributed by atoms with E-state index < -0.39 is 12.1 Å². The number of hydrogen-bond acceptors (Lipinski definition) is 4. The molecule has 2 aliphatic rings. The summed E-state index contributed by atoms with van der Waals surface area (Å²) in [5, 5.41) is 6.17. The molecule has 2 aromatic rings.